The number of carbonyl (C=O) groups excluding carboxylic acids is 1. The average Bonchev–Trinajstić information content (AvgIpc) is 3.38. The van der Waals surface area contributed by atoms with Crippen LogP contribution in [0.25, 0.3) is 10.4 Å². The Morgan fingerprint density at radius 3 is 2.55 bits per heavy atom. The van der Waals surface area contributed by atoms with E-state index in [1.54, 1.807) is 31.4 Å². The predicted molar refractivity (Wildman–Crippen MR) is 152 cm³/mol. The Balaban J connectivity index is 1.77. The van der Waals surface area contributed by atoms with Gasteiger partial charge >= 0.3 is 0 Å². The number of aliphatic hydroxyl groups excluding tert-OH is 1. The number of carbonyl (C=O) groups is 1. The molecule has 0 radical (unpaired) electrons. The lowest BCUT2D eigenvalue weighted by molar-refractivity contribution is -0.129. The van der Waals surface area contributed by atoms with Crippen molar-refractivity contribution in [3.8, 4) is 5.75 Å². The molecule has 1 amide bonds. The van der Waals surface area contributed by atoms with E-state index in [2.05, 4.69) is 15.3 Å². The number of nitrogens with zero attached hydrogens (tertiary/aromatic N) is 4. The van der Waals surface area contributed by atoms with Crippen molar-refractivity contribution in [3.05, 3.63) is 106 Å². The van der Waals surface area contributed by atoms with Gasteiger partial charge in [-0.15, -0.1) is 0 Å². The van der Waals surface area contributed by atoms with Crippen molar-refractivity contribution in [2.75, 3.05) is 33.5 Å². The summed E-state index contributed by atoms with van der Waals surface area (Å²) in [7, 11) is 1.62. The molecule has 40 heavy (non-hydrogen) atoms. The van der Waals surface area contributed by atoms with Gasteiger partial charge in [-0.2, -0.15) is 0 Å². The minimum absolute atomic E-state index is 0.0576. The van der Waals surface area contributed by atoms with E-state index >= 15 is 0 Å². The fraction of sp³-hybridized carbons (Fsp3) is 0.333. The third-order valence-electron chi connectivity index (χ3n) is 6.55. The van der Waals surface area contributed by atoms with Gasteiger partial charge in [-0.1, -0.05) is 59.7 Å². The first kappa shape index (κ1) is 28.6. The van der Waals surface area contributed by atoms with Crippen LogP contribution in [-0.4, -0.2) is 55.9 Å². The van der Waals surface area contributed by atoms with E-state index in [9.17, 15) is 4.79 Å². The van der Waals surface area contributed by atoms with Crippen molar-refractivity contribution in [2.45, 2.75) is 30.9 Å². The van der Waals surface area contributed by atoms with E-state index in [0.29, 0.717) is 61.1 Å². The Hall–Kier alpha value is -4.37. The van der Waals surface area contributed by atoms with E-state index in [-0.39, 0.29) is 18.9 Å². The van der Waals surface area contributed by atoms with E-state index < -0.39 is 11.6 Å². The van der Waals surface area contributed by atoms with Crippen LogP contribution in [0.2, 0.25) is 0 Å². The molecule has 0 saturated carbocycles. The number of azide groups is 1. The van der Waals surface area contributed by atoms with E-state index in [1.807, 2.05) is 54.6 Å². The maximum Gasteiger partial charge on any atom is 0.252 e. The summed E-state index contributed by atoms with van der Waals surface area (Å²) in [5.41, 5.74) is 10.3. The molecule has 0 bridgehead atoms. The second-order valence-electron chi connectivity index (χ2n) is 9.30. The number of methoxy groups -OCH3 is 1. The first-order valence-electron chi connectivity index (χ1n) is 13.2. The molecule has 0 aliphatic carbocycles. The first-order valence-corrected chi connectivity index (χ1v) is 13.2. The maximum atomic E-state index is 14.1. The Kier molecular flexibility index (Phi) is 10.1. The Morgan fingerprint density at radius 1 is 1.07 bits per heavy atom. The summed E-state index contributed by atoms with van der Waals surface area (Å²) in [5, 5.41) is 15.9. The van der Waals surface area contributed by atoms with Crippen LogP contribution in [0.3, 0.4) is 0 Å². The molecular weight excluding hydrogens is 510 g/mol. The normalized spacial score (nSPS) is 17.9. The highest BCUT2D eigenvalue weighted by Gasteiger charge is 2.53. The zero-order chi connectivity index (χ0) is 28.2. The summed E-state index contributed by atoms with van der Waals surface area (Å²) >= 11 is 0. The number of ether oxygens (including phenoxy) is 3. The van der Waals surface area contributed by atoms with Gasteiger partial charge in [0.25, 0.3) is 5.91 Å². The van der Waals surface area contributed by atoms with E-state index in [0.717, 1.165) is 5.56 Å². The summed E-state index contributed by atoms with van der Waals surface area (Å²) in [6.07, 6.45) is 0.573. The number of aliphatic imine (C=N–C) groups is 1. The lowest BCUT2D eigenvalue weighted by Gasteiger charge is -2.31. The lowest BCUT2D eigenvalue weighted by atomic mass is 9.81. The molecule has 1 aliphatic heterocycles. The highest BCUT2D eigenvalue weighted by Crippen LogP contribution is 2.43. The highest BCUT2D eigenvalue weighted by atomic mass is 16.5. The zero-order valence-electron chi connectivity index (χ0n) is 22.4. The van der Waals surface area contributed by atoms with Crippen molar-refractivity contribution in [1.29, 1.82) is 0 Å². The molecule has 1 heterocycles. The molecular formula is C30H33N5O5. The minimum atomic E-state index is -1.39. The van der Waals surface area contributed by atoms with Gasteiger partial charge in [-0.3, -0.25) is 4.79 Å². The molecule has 10 nitrogen and oxygen atoms in total. The molecule has 3 aromatic carbocycles. The van der Waals surface area contributed by atoms with Crippen molar-refractivity contribution in [3.63, 3.8) is 0 Å². The van der Waals surface area contributed by atoms with Crippen LogP contribution in [0, 0.1) is 0 Å². The second kappa shape index (κ2) is 14.1. The number of amides is 1. The molecule has 0 aromatic heterocycles. The molecule has 208 valence electrons. The summed E-state index contributed by atoms with van der Waals surface area (Å²) < 4.78 is 17.3. The molecule has 4 rings (SSSR count). The molecule has 1 aliphatic rings. The third-order valence-corrected chi connectivity index (χ3v) is 6.55. The Morgan fingerprint density at radius 2 is 1.82 bits per heavy atom. The molecule has 0 spiro atoms. The maximum absolute atomic E-state index is 14.1. The standard InChI is InChI=1S/C30H33N5O5/c1-38-19-7-17-32-29(37)30(21-24-11-5-6-12-26(24)34-35-31)27(22-9-3-2-4-10-22)40-28(33-30)23-13-15-25(16-14-23)39-20-8-18-36/h2-6,9-16,27,36H,7-8,17-21H2,1H3,(H,32,37)/t27-,30-/m1/s1. The fourth-order valence-electron chi connectivity index (χ4n) is 4.58. The van der Waals surface area contributed by atoms with Crippen molar-refractivity contribution in [2.24, 2.45) is 10.1 Å². The molecule has 0 unspecified atom stereocenters. The number of hydrogen-bond donors (Lipinski definition) is 2. The summed E-state index contributed by atoms with van der Waals surface area (Å²) in [6.45, 7) is 1.37. The number of aliphatic hydroxyl groups is 1. The topological polar surface area (TPSA) is 138 Å². The van der Waals surface area contributed by atoms with E-state index in [1.165, 1.54) is 0 Å². The van der Waals surface area contributed by atoms with Gasteiger partial charge in [0.05, 0.1) is 6.61 Å². The summed E-state index contributed by atoms with van der Waals surface area (Å²) in [4.78, 5) is 22.0. The zero-order valence-corrected chi connectivity index (χ0v) is 22.4. The van der Waals surface area contributed by atoms with Gasteiger partial charge < -0.3 is 24.6 Å². The minimum Gasteiger partial charge on any atom is -0.494 e. The van der Waals surface area contributed by atoms with Gasteiger partial charge in [0, 0.05) is 55.9 Å². The number of hydrogen-bond acceptors (Lipinski definition) is 7. The van der Waals surface area contributed by atoms with Crippen LogP contribution < -0.4 is 10.1 Å². The van der Waals surface area contributed by atoms with Gasteiger partial charge in [0.2, 0.25) is 5.90 Å². The van der Waals surface area contributed by atoms with Gasteiger partial charge in [0.15, 0.2) is 11.6 Å². The predicted octanol–water partition coefficient (Wildman–Crippen LogP) is 5.04. The average molecular weight is 544 g/mol. The molecule has 3 aromatic rings. The van der Waals surface area contributed by atoms with Crippen molar-refractivity contribution >= 4 is 17.5 Å². The van der Waals surface area contributed by atoms with Crippen molar-refractivity contribution in [1.82, 2.24) is 5.32 Å². The van der Waals surface area contributed by atoms with Crippen LogP contribution in [0.15, 0.2) is 89.0 Å². The molecule has 2 N–H and O–H groups in total. The molecule has 2 atom stereocenters. The lowest BCUT2D eigenvalue weighted by Crippen LogP contribution is -2.50. The highest BCUT2D eigenvalue weighted by molar-refractivity contribution is 6.01. The third kappa shape index (κ3) is 6.79. The van der Waals surface area contributed by atoms with Crippen LogP contribution in [0.1, 0.15) is 35.6 Å². The quantitative estimate of drug-likeness (QED) is 0.127. The van der Waals surface area contributed by atoms with Gasteiger partial charge in [-0.05, 0) is 47.3 Å². The Labute approximate surface area is 233 Å². The second-order valence-corrected chi connectivity index (χ2v) is 9.30. The van der Waals surface area contributed by atoms with Gasteiger partial charge in [-0.25, -0.2) is 4.99 Å². The summed E-state index contributed by atoms with van der Waals surface area (Å²) in [5.74, 6) is 0.678. The Bertz CT molecular complexity index is 1340. The van der Waals surface area contributed by atoms with Crippen LogP contribution in [0.4, 0.5) is 5.69 Å². The first-order chi connectivity index (χ1) is 19.6. The monoisotopic (exact) mass is 543 g/mol. The van der Waals surface area contributed by atoms with Crippen LogP contribution in [0.5, 0.6) is 5.75 Å². The number of benzene rings is 3. The van der Waals surface area contributed by atoms with Crippen molar-refractivity contribution < 1.29 is 24.1 Å². The van der Waals surface area contributed by atoms with Gasteiger partial charge in [0.1, 0.15) is 5.75 Å². The van der Waals surface area contributed by atoms with Crippen LogP contribution >= 0.6 is 0 Å². The summed E-state index contributed by atoms with van der Waals surface area (Å²) in [6, 6.07) is 23.9. The van der Waals surface area contributed by atoms with Crippen LogP contribution in [-0.2, 0) is 20.7 Å². The van der Waals surface area contributed by atoms with E-state index in [4.69, 9.17) is 29.8 Å². The molecule has 0 fully saturated rings. The number of rotatable bonds is 14. The number of nitrogens with one attached hydrogen (secondary N) is 1. The molecule has 10 heteroatoms. The smallest absolute Gasteiger partial charge is 0.252 e. The molecule has 0 saturated heterocycles. The SMILES string of the molecule is COCCCNC(=O)[C@]1(Cc2ccccc2N=[N+]=[N-])N=C(c2ccc(OCCCO)cc2)O[C@@H]1c1ccccc1. The fourth-order valence-corrected chi connectivity index (χ4v) is 4.58. The largest absolute Gasteiger partial charge is 0.494 e.